The quantitative estimate of drug-likeness (QED) is 0.747. The van der Waals surface area contributed by atoms with Crippen molar-refractivity contribution in [2.24, 2.45) is 12.5 Å². The van der Waals surface area contributed by atoms with Gasteiger partial charge in [-0.05, 0) is 11.8 Å². The van der Waals surface area contributed by atoms with Gasteiger partial charge in [-0.3, -0.25) is 0 Å². The van der Waals surface area contributed by atoms with E-state index in [0.717, 1.165) is 11.8 Å². The predicted octanol–water partition coefficient (Wildman–Crippen LogP) is 1.37. The topological polar surface area (TPSA) is 42.7 Å². The molecule has 13 heavy (non-hydrogen) atoms. The summed E-state index contributed by atoms with van der Waals surface area (Å²) < 4.78 is 2.04. The Morgan fingerprint density at radius 3 is 2.46 bits per heavy atom. The van der Waals surface area contributed by atoms with Gasteiger partial charge in [0.1, 0.15) is 5.82 Å². The summed E-state index contributed by atoms with van der Waals surface area (Å²) in [5.41, 5.74) is 0.422. The first-order valence-corrected chi connectivity index (χ1v) is 4.63. The van der Waals surface area contributed by atoms with E-state index in [1.807, 2.05) is 18.7 Å². The minimum absolute atomic E-state index is 0.422. The Kier molecular flexibility index (Phi) is 1.62. The molecule has 1 N–H and O–H groups in total. The molecule has 0 saturated heterocycles. The minimum Gasteiger partial charge on any atom is -0.357 e. The number of aromatic nitrogens is 3. The second-order valence-electron chi connectivity index (χ2n) is 4.44. The Balaban J connectivity index is 2.28. The zero-order valence-electron chi connectivity index (χ0n) is 8.63. The fourth-order valence-electron chi connectivity index (χ4n) is 1.77. The van der Waals surface area contributed by atoms with E-state index in [4.69, 9.17) is 0 Å². The van der Waals surface area contributed by atoms with Crippen LogP contribution >= 0.6 is 0 Å². The summed E-state index contributed by atoms with van der Waals surface area (Å²) in [6.07, 6.45) is 1.22. The smallest absolute Gasteiger partial charge is 0.224 e. The summed E-state index contributed by atoms with van der Waals surface area (Å²) >= 11 is 0. The highest BCUT2D eigenvalue weighted by molar-refractivity contribution is 5.28. The number of nitrogens with one attached hydrogen (secondary N) is 1. The molecule has 0 aromatic carbocycles. The average molecular weight is 180 g/mol. The lowest BCUT2D eigenvalue weighted by atomic mass is 10.1. The van der Waals surface area contributed by atoms with E-state index >= 15 is 0 Å². The van der Waals surface area contributed by atoms with Crippen molar-refractivity contribution in [1.82, 2.24) is 14.8 Å². The third-order valence-corrected chi connectivity index (χ3v) is 2.96. The lowest BCUT2D eigenvalue weighted by Crippen LogP contribution is -2.03. The van der Waals surface area contributed by atoms with Crippen LogP contribution in [0.1, 0.15) is 32.0 Å². The molecule has 72 valence electrons. The Morgan fingerprint density at radius 2 is 2.08 bits per heavy atom. The van der Waals surface area contributed by atoms with Gasteiger partial charge in [0.05, 0.1) is 0 Å². The molecular weight excluding hydrogens is 164 g/mol. The first-order chi connectivity index (χ1) is 6.06. The molecular formula is C9H16N4. The van der Waals surface area contributed by atoms with E-state index in [-0.39, 0.29) is 0 Å². The van der Waals surface area contributed by atoms with Gasteiger partial charge in [-0.25, -0.2) is 0 Å². The lowest BCUT2D eigenvalue weighted by Gasteiger charge is -2.04. The maximum Gasteiger partial charge on any atom is 0.224 e. The van der Waals surface area contributed by atoms with Gasteiger partial charge in [-0.2, -0.15) is 0 Å². The van der Waals surface area contributed by atoms with Gasteiger partial charge in [-0.15, -0.1) is 10.2 Å². The van der Waals surface area contributed by atoms with Crippen LogP contribution in [0.15, 0.2) is 0 Å². The van der Waals surface area contributed by atoms with Crippen LogP contribution in [0.3, 0.4) is 0 Å². The van der Waals surface area contributed by atoms with Crippen LogP contribution in [0.5, 0.6) is 0 Å². The maximum atomic E-state index is 4.19. The summed E-state index contributed by atoms with van der Waals surface area (Å²) in [4.78, 5) is 0. The predicted molar refractivity (Wildman–Crippen MR) is 51.7 cm³/mol. The van der Waals surface area contributed by atoms with Gasteiger partial charge in [0.2, 0.25) is 5.95 Å². The van der Waals surface area contributed by atoms with Crippen molar-refractivity contribution in [3.63, 3.8) is 0 Å². The Morgan fingerprint density at radius 1 is 1.46 bits per heavy atom. The van der Waals surface area contributed by atoms with E-state index in [1.54, 1.807) is 0 Å². The van der Waals surface area contributed by atoms with Crippen molar-refractivity contribution in [3.05, 3.63) is 5.82 Å². The normalized spacial score (nSPS) is 24.5. The molecule has 0 bridgehead atoms. The third-order valence-electron chi connectivity index (χ3n) is 2.96. The van der Waals surface area contributed by atoms with Crippen LogP contribution in [-0.2, 0) is 7.05 Å². The van der Waals surface area contributed by atoms with E-state index in [0.29, 0.717) is 11.3 Å². The molecule has 1 fully saturated rings. The third kappa shape index (κ3) is 1.20. The van der Waals surface area contributed by atoms with Crippen molar-refractivity contribution in [2.45, 2.75) is 26.2 Å². The minimum atomic E-state index is 0.422. The molecule has 1 aliphatic carbocycles. The van der Waals surface area contributed by atoms with Crippen molar-refractivity contribution in [3.8, 4) is 0 Å². The lowest BCUT2D eigenvalue weighted by molar-refractivity contribution is 0.597. The first kappa shape index (κ1) is 8.53. The highest BCUT2D eigenvalue weighted by Gasteiger charge is 2.49. The fourth-order valence-corrected chi connectivity index (χ4v) is 1.77. The Labute approximate surface area is 78.4 Å². The monoisotopic (exact) mass is 180 g/mol. The maximum absolute atomic E-state index is 4.19. The first-order valence-electron chi connectivity index (χ1n) is 4.63. The summed E-state index contributed by atoms with van der Waals surface area (Å²) in [5, 5.41) is 11.3. The number of anilines is 1. The van der Waals surface area contributed by atoms with Crippen LogP contribution < -0.4 is 5.32 Å². The van der Waals surface area contributed by atoms with Crippen LogP contribution in [0.2, 0.25) is 0 Å². The Bertz CT molecular complexity index is 326. The SMILES string of the molecule is CNc1nnc(C2CC2(C)C)n1C. The number of nitrogens with zero attached hydrogens (tertiary/aromatic N) is 3. The summed E-state index contributed by atoms with van der Waals surface area (Å²) in [6.45, 7) is 4.54. The van der Waals surface area contributed by atoms with E-state index in [2.05, 4.69) is 29.4 Å². The van der Waals surface area contributed by atoms with Gasteiger partial charge < -0.3 is 9.88 Å². The summed E-state index contributed by atoms with van der Waals surface area (Å²) in [5.74, 6) is 2.54. The zero-order valence-corrected chi connectivity index (χ0v) is 8.63. The highest BCUT2D eigenvalue weighted by Crippen LogP contribution is 2.57. The molecule has 0 amide bonds. The second kappa shape index (κ2) is 2.47. The van der Waals surface area contributed by atoms with Crippen LogP contribution in [0.25, 0.3) is 0 Å². The molecule has 0 spiro atoms. The standard InChI is InChI=1S/C9H16N4/c1-9(2)5-6(9)7-11-12-8(10-3)13(7)4/h6H,5H2,1-4H3,(H,10,12). The molecule has 0 radical (unpaired) electrons. The highest BCUT2D eigenvalue weighted by atomic mass is 15.3. The van der Waals surface area contributed by atoms with Crippen molar-refractivity contribution in [1.29, 1.82) is 0 Å². The zero-order chi connectivity index (χ0) is 9.64. The summed E-state index contributed by atoms with van der Waals surface area (Å²) in [7, 11) is 3.88. The molecule has 0 aliphatic heterocycles. The van der Waals surface area contributed by atoms with E-state index in [1.165, 1.54) is 6.42 Å². The van der Waals surface area contributed by atoms with Crippen molar-refractivity contribution < 1.29 is 0 Å². The molecule has 4 heteroatoms. The molecule has 1 aromatic rings. The van der Waals surface area contributed by atoms with Gasteiger partial charge in [0, 0.05) is 20.0 Å². The van der Waals surface area contributed by atoms with E-state index < -0.39 is 0 Å². The average Bonchev–Trinajstić information content (AvgIpc) is 2.55. The molecule has 1 aliphatic rings. The molecule has 4 nitrogen and oxygen atoms in total. The van der Waals surface area contributed by atoms with Crippen LogP contribution in [-0.4, -0.2) is 21.8 Å². The molecule has 1 heterocycles. The van der Waals surface area contributed by atoms with Crippen LogP contribution in [0, 0.1) is 5.41 Å². The number of rotatable bonds is 2. The second-order valence-corrected chi connectivity index (χ2v) is 4.44. The van der Waals surface area contributed by atoms with Gasteiger partial charge in [0.15, 0.2) is 0 Å². The van der Waals surface area contributed by atoms with Gasteiger partial charge >= 0.3 is 0 Å². The Hall–Kier alpha value is -1.06. The van der Waals surface area contributed by atoms with E-state index in [9.17, 15) is 0 Å². The summed E-state index contributed by atoms with van der Waals surface area (Å²) in [6, 6.07) is 0. The molecule has 2 rings (SSSR count). The molecule has 1 saturated carbocycles. The van der Waals surface area contributed by atoms with Crippen molar-refractivity contribution in [2.75, 3.05) is 12.4 Å². The van der Waals surface area contributed by atoms with Gasteiger partial charge in [0.25, 0.3) is 0 Å². The molecule has 1 atom stereocenters. The number of hydrogen-bond acceptors (Lipinski definition) is 3. The molecule has 1 aromatic heterocycles. The van der Waals surface area contributed by atoms with Crippen LogP contribution in [0.4, 0.5) is 5.95 Å². The number of hydrogen-bond donors (Lipinski definition) is 1. The van der Waals surface area contributed by atoms with Gasteiger partial charge in [-0.1, -0.05) is 13.8 Å². The van der Waals surface area contributed by atoms with Crippen molar-refractivity contribution >= 4 is 5.95 Å². The fraction of sp³-hybridized carbons (Fsp3) is 0.778. The molecule has 1 unspecified atom stereocenters. The largest absolute Gasteiger partial charge is 0.357 e.